The van der Waals surface area contributed by atoms with E-state index >= 15 is 0 Å². The van der Waals surface area contributed by atoms with Gasteiger partial charge in [-0.1, -0.05) is 18.2 Å². The van der Waals surface area contributed by atoms with Gasteiger partial charge in [0.1, 0.15) is 0 Å². The predicted molar refractivity (Wildman–Crippen MR) is 113 cm³/mol. The third-order valence-corrected chi connectivity index (χ3v) is 6.37. The average Bonchev–Trinajstić information content (AvgIpc) is 3.33. The minimum absolute atomic E-state index is 0.0555. The summed E-state index contributed by atoms with van der Waals surface area (Å²) in [6, 6.07) is 12.0. The van der Waals surface area contributed by atoms with E-state index in [1.54, 1.807) is 11.3 Å². The van der Waals surface area contributed by atoms with Crippen LogP contribution in [0.15, 0.2) is 48.0 Å². The van der Waals surface area contributed by atoms with E-state index in [1.165, 1.54) is 4.88 Å². The Labute approximate surface area is 173 Å². The van der Waals surface area contributed by atoms with Crippen LogP contribution in [-0.4, -0.2) is 53.6 Å². The van der Waals surface area contributed by atoms with E-state index in [0.29, 0.717) is 26.3 Å². The molecular formula is C22H22N4O2S. The van der Waals surface area contributed by atoms with Gasteiger partial charge < -0.3 is 14.5 Å². The molecule has 2 aliphatic heterocycles. The molecule has 3 aromatic rings. The van der Waals surface area contributed by atoms with Crippen LogP contribution in [-0.2, 0) is 17.7 Å². The molecule has 0 N–H and O–H groups in total. The summed E-state index contributed by atoms with van der Waals surface area (Å²) in [5.41, 5.74) is 3.95. The van der Waals surface area contributed by atoms with Gasteiger partial charge in [-0.05, 0) is 41.1 Å². The molecule has 0 saturated carbocycles. The monoisotopic (exact) mass is 406 g/mol. The smallest absolute Gasteiger partial charge is 0.254 e. The molecule has 0 unspecified atom stereocenters. The lowest BCUT2D eigenvalue weighted by Crippen LogP contribution is -2.39. The highest BCUT2D eigenvalue weighted by Gasteiger charge is 2.24. The molecule has 29 heavy (non-hydrogen) atoms. The van der Waals surface area contributed by atoms with Gasteiger partial charge in [0.05, 0.1) is 25.5 Å². The summed E-state index contributed by atoms with van der Waals surface area (Å²) in [4.78, 5) is 27.6. The van der Waals surface area contributed by atoms with Crippen molar-refractivity contribution < 1.29 is 9.53 Å². The van der Waals surface area contributed by atoms with Gasteiger partial charge in [-0.25, -0.2) is 9.97 Å². The average molecular weight is 407 g/mol. The molecule has 1 amide bonds. The SMILES string of the molecule is O=C(c1ccc(-c2cccs2)cc1)N1CCc2cnc(N3CCOCC3)nc2C1. The number of fused-ring (bicyclic) bond motifs is 1. The van der Waals surface area contributed by atoms with E-state index in [9.17, 15) is 4.79 Å². The highest BCUT2D eigenvalue weighted by atomic mass is 32.1. The lowest BCUT2D eigenvalue weighted by Gasteiger charge is -2.30. The van der Waals surface area contributed by atoms with Crippen LogP contribution in [0.3, 0.4) is 0 Å². The van der Waals surface area contributed by atoms with Gasteiger partial charge in [-0.2, -0.15) is 0 Å². The molecule has 7 heteroatoms. The number of nitrogens with zero attached hydrogens (tertiary/aromatic N) is 4. The molecule has 0 radical (unpaired) electrons. The molecule has 148 valence electrons. The number of anilines is 1. The lowest BCUT2D eigenvalue weighted by molar-refractivity contribution is 0.0731. The number of benzene rings is 1. The highest BCUT2D eigenvalue weighted by Crippen LogP contribution is 2.26. The molecule has 6 nitrogen and oxygen atoms in total. The fourth-order valence-corrected chi connectivity index (χ4v) is 4.52. The Morgan fingerprint density at radius 2 is 1.90 bits per heavy atom. The minimum Gasteiger partial charge on any atom is -0.378 e. The van der Waals surface area contributed by atoms with Gasteiger partial charge in [0, 0.05) is 36.3 Å². The molecule has 1 saturated heterocycles. The lowest BCUT2D eigenvalue weighted by atomic mass is 10.0. The Morgan fingerprint density at radius 1 is 1.07 bits per heavy atom. The van der Waals surface area contributed by atoms with Crippen molar-refractivity contribution in [2.24, 2.45) is 0 Å². The standard InChI is InChI=1S/C22H22N4O2S/c27-21(17-5-3-16(4-6-17)20-2-1-13-29-20)26-8-7-18-14-23-22(24-19(18)15-26)25-9-11-28-12-10-25/h1-6,13-14H,7-12,15H2. The second-order valence-corrected chi connectivity index (χ2v) is 8.22. The first-order chi connectivity index (χ1) is 14.3. The van der Waals surface area contributed by atoms with Crippen LogP contribution in [0, 0.1) is 0 Å². The summed E-state index contributed by atoms with van der Waals surface area (Å²) < 4.78 is 5.41. The molecule has 2 aromatic heterocycles. The second kappa shape index (κ2) is 7.93. The zero-order valence-corrected chi connectivity index (χ0v) is 16.9. The zero-order chi connectivity index (χ0) is 19.6. The molecule has 4 heterocycles. The maximum Gasteiger partial charge on any atom is 0.254 e. The maximum atomic E-state index is 13.1. The van der Waals surface area contributed by atoms with Crippen molar-refractivity contribution in [1.82, 2.24) is 14.9 Å². The van der Waals surface area contributed by atoms with Crippen molar-refractivity contribution in [2.45, 2.75) is 13.0 Å². The third-order valence-electron chi connectivity index (χ3n) is 5.45. The number of ether oxygens (including phenoxy) is 1. The van der Waals surface area contributed by atoms with E-state index < -0.39 is 0 Å². The Bertz CT molecular complexity index is 998. The second-order valence-electron chi connectivity index (χ2n) is 7.27. The van der Waals surface area contributed by atoms with Crippen LogP contribution in [0.2, 0.25) is 0 Å². The van der Waals surface area contributed by atoms with Crippen molar-refractivity contribution in [3.63, 3.8) is 0 Å². The summed E-state index contributed by atoms with van der Waals surface area (Å²) >= 11 is 1.70. The molecule has 0 bridgehead atoms. The Balaban J connectivity index is 1.32. The van der Waals surface area contributed by atoms with E-state index in [0.717, 1.165) is 47.8 Å². The van der Waals surface area contributed by atoms with Crippen LogP contribution in [0.4, 0.5) is 5.95 Å². The van der Waals surface area contributed by atoms with Crippen LogP contribution in [0.5, 0.6) is 0 Å². The van der Waals surface area contributed by atoms with Crippen molar-refractivity contribution in [2.75, 3.05) is 37.7 Å². The summed E-state index contributed by atoms with van der Waals surface area (Å²) in [7, 11) is 0. The first-order valence-electron chi connectivity index (χ1n) is 9.88. The molecule has 0 spiro atoms. The van der Waals surface area contributed by atoms with E-state index in [-0.39, 0.29) is 5.91 Å². The Kier molecular flexibility index (Phi) is 4.99. The van der Waals surface area contributed by atoms with Crippen LogP contribution in [0.25, 0.3) is 10.4 Å². The van der Waals surface area contributed by atoms with Crippen LogP contribution in [0.1, 0.15) is 21.6 Å². The molecule has 0 atom stereocenters. The number of hydrogen-bond donors (Lipinski definition) is 0. The van der Waals surface area contributed by atoms with Crippen molar-refractivity contribution in [3.05, 3.63) is 64.8 Å². The first-order valence-corrected chi connectivity index (χ1v) is 10.8. The van der Waals surface area contributed by atoms with Crippen molar-refractivity contribution >= 4 is 23.2 Å². The van der Waals surface area contributed by atoms with Gasteiger partial charge in [-0.15, -0.1) is 11.3 Å². The number of thiophene rings is 1. The summed E-state index contributed by atoms with van der Waals surface area (Å²) in [6.07, 6.45) is 2.71. The van der Waals surface area contributed by atoms with E-state index in [1.807, 2.05) is 41.4 Å². The molecule has 1 fully saturated rings. The van der Waals surface area contributed by atoms with Gasteiger partial charge in [0.2, 0.25) is 5.95 Å². The molecule has 2 aliphatic rings. The predicted octanol–water partition coefficient (Wildman–Crippen LogP) is 3.24. The van der Waals surface area contributed by atoms with Crippen molar-refractivity contribution in [1.29, 1.82) is 0 Å². The summed E-state index contributed by atoms with van der Waals surface area (Å²) in [5, 5.41) is 2.06. The maximum absolute atomic E-state index is 13.1. The number of aromatic nitrogens is 2. The number of morpholine rings is 1. The van der Waals surface area contributed by atoms with Crippen molar-refractivity contribution in [3.8, 4) is 10.4 Å². The number of hydrogen-bond acceptors (Lipinski definition) is 6. The van der Waals surface area contributed by atoms with E-state index in [2.05, 4.69) is 21.3 Å². The fourth-order valence-electron chi connectivity index (χ4n) is 3.78. The first kappa shape index (κ1) is 18.3. The highest BCUT2D eigenvalue weighted by molar-refractivity contribution is 7.13. The fraction of sp³-hybridized carbons (Fsp3) is 0.318. The molecule has 0 aliphatic carbocycles. The largest absolute Gasteiger partial charge is 0.378 e. The summed E-state index contributed by atoms with van der Waals surface area (Å²) in [6.45, 7) is 4.23. The number of amides is 1. The Hall–Kier alpha value is -2.77. The zero-order valence-electron chi connectivity index (χ0n) is 16.1. The normalized spacial score (nSPS) is 16.6. The van der Waals surface area contributed by atoms with Gasteiger partial charge in [0.15, 0.2) is 0 Å². The number of rotatable bonds is 3. The topological polar surface area (TPSA) is 58.6 Å². The van der Waals surface area contributed by atoms with Gasteiger partial charge in [-0.3, -0.25) is 4.79 Å². The quantitative estimate of drug-likeness (QED) is 0.668. The van der Waals surface area contributed by atoms with Crippen LogP contribution < -0.4 is 4.90 Å². The van der Waals surface area contributed by atoms with Gasteiger partial charge >= 0.3 is 0 Å². The third kappa shape index (κ3) is 3.75. The van der Waals surface area contributed by atoms with Gasteiger partial charge in [0.25, 0.3) is 5.91 Å². The molecular weight excluding hydrogens is 384 g/mol. The number of carbonyl (C=O) groups excluding carboxylic acids is 1. The summed E-state index contributed by atoms with van der Waals surface area (Å²) in [5.74, 6) is 0.793. The van der Waals surface area contributed by atoms with Crippen LogP contribution >= 0.6 is 11.3 Å². The van der Waals surface area contributed by atoms with E-state index in [4.69, 9.17) is 9.72 Å². The molecule has 1 aromatic carbocycles. The molecule has 5 rings (SSSR count). The number of carbonyl (C=O) groups is 1. The minimum atomic E-state index is 0.0555. The Morgan fingerprint density at radius 3 is 2.66 bits per heavy atom.